The average Bonchev–Trinajstić information content (AvgIpc) is 2.17. The van der Waals surface area contributed by atoms with Crippen molar-refractivity contribution in [2.24, 2.45) is 0 Å². The molecular weight excluding hydrogens is 214 g/mol. The van der Waals surface area contributed by atoms with E-state index in [0.29, 0.717) is 5.56 Å². The molecule has 84 valence electrons. The van der Waals surface area contributed by atoms with Gasteiger partial charge in [0, 0.05) is 19.7 Å². The lowest BCUT2D eigenvalue weighted by Gasteiger charge is -2.16. The van der Waals surface area contributed by atoms with Crippen molar-refractivity contribution < 1.29 is 13.5 Å². The van der Waals surface area contributed by atoms with Gasteiger partial charge in [0.2, 0.25) is 10.0 Å². The molecule has 0 spiro atoms. The van der Waals surface area contributed by atoms with E-state index >= 15 is 0 Å². The summed E-state index contributed by atoms with van der Waals surface area (Å²) < 4.78 is 24.9. The first-order valence-corrected chi connectivity index (χ1v) is 6.01. The molecule has 5 heteroatoms. The zero-order valence-corrected chi connectivity index (χ0v) is 9.82. The van der Waals surface area contributed by atoms with Crippen LogP contribution in [-0.2, 0) is 10.0 Å². The predicted octanol–water partition coefficient (Wildman–Crippen LogP) is 0.990. The second-order valence-corrected chi connectivity index (χ2v) is 5.62. The molecule has 1 aromatic carbocycles. The van der Waals surface area contributed by atoms with E-state index in [-0.39, 0.29) is 4.90 Å². The summed E-state index contributed by atoms with van der Waals surface area (Å²) in [6.07, 6.45) is -0.795. The Morgan fingerprint density at radius 2 is 1.80 bits per heavy atom. The molecule has 0 heterocycles. The van der Waals surface area contributed by atoms with Crippen molar-refractivity contribution in [1.82, 2.24) is 4.31 Å². The first-order chi connectivity index (χ1) is 6.87. The highest BCUT2D eigenvalue weighted by molar-refractivity contribution is 7.89. The molecule has 0 bridgehead atoms. The standard InChI is InChI=1S/C10H15NO3S/c1-8(12)9-6-4-5-7-10(9)15(13,14)11(2)3/h4-8,12H,1-3H3. The van der Waals surface area contributed by atoms with Crippen molar-refractivity contribution in [1.29, 1.82) is 0 Å². The number of aliphatic hydroxyl groups is 1. The zero-order chi connectivity index (χ0) is 11.6. The van der Waals surface area contributed by atoms with Crippen LogP contribution in [-0.4, -0.2) is 31.9 Å². The summed E-state index contributed by atoms with van der Waals surface area (Å²) in [7, 11) is -0.546. The van der Waals surface area contributed by atoms with Gasteiger partial charge >= 0.3 is 0 Å². The highest BCUT2D eigenvalue weighted by Gasteiger charge is 2.22. The Bertz CT molecular complexity index is 438. The second kappa shape index (κ2) is 4.30. The maximum atomic E-state index is 11.9. The Kier molecular flexibility index (Phi) is 3.49. The maximum Gasteiger partial charge on any atom is 0.242 e. The van der Waals surface area contributed by atoms with E-state index in [4.69, 9.17) is 0 Å². The fourth-order valence-electron chi connectivity index (χ4n) is 1.26. The normalized spacial score (nSPS) is 14.2. The van der Waals surface area contributed by atoms with Crippen LogP contribution in [0.25, 0.3) is 0 Å². The fourth-order valence-corrected chi connectivity index (χ4v) is 2.44. The van der Waals surface area contributed by atoms with Gasteiger partial charge in [-0.1, -0.05) is 18.2 Å². The summed E-state index contributed by atoms with van der Waals surface area (Å²) in [5.41, 5.74) is 0.422. The van der Waals surface area contributed by atoms with E-state index < -0.39 is 16.1 Å². The van der Waals surface area contributed by atoms with Gasteiger partial charge in [0.15, 0.2) is 0 Å². The lowest BCUT2D eigenvalue weighted by atomic mass is 10.1. The van der Waals surface area contributed by atoms with E-state index in [1.165, 1.54) is 20.2 Å². The van der Waals surface area contributed by atoms with Crippen LogP contribution < -0.4 is 0 Å². The Labute approximate surface area is 90.2 Å². The van der Waals surface area contributed by atoms with Gasteiger partial charge in [-0.15, -0.1) is 0 Å². The van der Waals surface area contributed by atoms with Gasteiger partial charge in [-0.3, -0.25) is 0 Å². The number of hydrogen-bond acceptors (Lipinski definition) is 3. The summed E-state index contributed by atoms with van der Waals surface area (Å²) in [5.74, 6) is 0. The molecule has 0 aliphatic rings. The first kappa shape index (κ1) is 12.2. The number of aliphatic hydroxyl groups excluding tert-OH is 1. The Hall–Kier alpha value is -0.910. The van der Waals surface area contributed by atoms with Crippen LogP contribution in [0.5, 0.6) is 0 Å². The van der Waals surface area contributed by atoms with Crippen molar-refractivity contribution in [2.75, 3.05) is 14.1 Å². The van der Waals surface area contributed by atoms with Gasteiger partial charge in [-0.2, -0.15) is 0 Å². The second-order valence-electron chi connectivity index (χ2n) is 3.50. The van der Waals surface area contributed by atoms with Crippen molar-refractivity contribution in [2.45, 2.75) is 17.9 Å². The third kappa shape index (κ3) is 2.37. The molecule has 0 amide bonds. The highest BCUT2D eigenvalue weighted by atomic mass is 32.2. The van der Waals surface area contributed by atoms with Crippen molar-refractivity contribution >= 4 is 10.0 Å². The van der Waals surface area contributed by atoms with E-state index in [2.05, 4.69) is 0 Å². The third-order valence-electron chi connectivity index (χ3n) is 2.13. The summed E-state index contributed by atoms with van der Waals surface area (Å²) in [4.78, 5) is 0.157. The van der Waals surface area contributed by atoms with E-state index in [0.717, 1.165) is 4.31 Å². The molecule has 0 saturated carbocycles. The molecular formula is C10H15NO3S. The van der Waals surface area contributed by atoms with Crippen LogP contribution in [0.3, 0.4) is 0 Å². The van der Waals surface area contributed by atoms with Crippen LogP contribution in [0.15, 0.2) is 29.2 Å². The number of hydrogen-bond donors (Lipinski definition) is 1. The minimum absolute atomic E-state index is 0.157. The zero-order valence-electron chi connectivity index (χ0n) is 9.01. The van der Waals surface area contributed by atoms with Gasteiger partial charge in [0.05, 0.1) is 11.0 Å². The predicted molar refractivity (Wildman–Crippen MR) is 57.9 cm³/mol. The van der Waals surface area contributed by atoms with E-state index in [1.54, 1.807) is 25.1 Å². The lowest BCUT2D eigenvalue weighted by Crippen LogP contribution is -2.23. The third-order valence-corrected chi connectivity index (χ3v) is 4.02. The molecule has 1 N–H and O–H groups in total. The lowest BCUT2D eigenvalue weighted by molar-refractivity contribution is 0.196. The van der Waals surface area contributed by atoms with Crippen LogP contribution in [0.1, 0.15) is 18.6 Å². The van der Waals surface area contributed by atoms with Gasteiger partial charge in [-0.05, 0) is 13.0 Å². The SMILES string of the molecule is CC(O)c1ccccc1S(=O)(=O)N(C)C. The molecule has 0 radical (unpaired) electrons. The molecule has 1 atom stereocenters. The van der Waals surface area contributed by atoms with Gasteiger partial charge in [0.25, 0.3) is 0 Å². The van der Waals surface area contributed by atoms with E-state index in [9.17, 15) is 13.5 Å². The Morgan fingerprint density at radius 1 is 1.27 bits per heavy atom. The van der Waals surface area contributed by atoms with Crippen LogP contribution in [0.4, 0.5) is 0 Å². The Balaban J connectivity index is 3.38. The van der Waals surface area contributed by atoms with Crippen LogP contribution in [0.2, 0.25) is 0 Å². The molecule has 15 heavy (non-hydrogen) atoms. The van der Waals surface area contributed by atoms with Crippen LogP contribution >= 0.6 is 0 Å². The fraction of sp³-hybridized carbons (Fsp3) is 0.400. The van der Waals surface area contributed by atoms with Gasteiger partial charge in [0.1, 0.15) is 0 Å². The number of sulfonamides is 1. The van der Waals surface area contributed by atoms with E-state index in [1.807, 2.05) is 0 Å². The first-order valence-electron chi connectivity index (χ1n) is 4.57. The molecule has 1 unspecified atom stereocenters. The summed E-state index contributed by atoms with van der Waals surface area (Å²) in [5, 5.41) is 9.47. The molecule has 0 aliphatic heterocycles. The smallest absolute Gasteiger partial charge is 0.242 e. The van der Waals surface area contributed by atoms with Crippen LogP contribution in [0, 0.1) is 0 Å². The van der Waals surface area contributed by atoms with Crippen molar-refractivity contribution in [3.8, 4) is 0 Å². The molecule has 0 aliphatic carbocycles. The number of benzene rings is 1. The molecule has 0 saturated heterocycles. The van der Waals surface area contributed by atoms with Gasteiger partial charge < -0.3 is 5.11 Å². The number of nitrogens with zero attached hydrogens (tertiary/aromatic N) is 1. The molecule has 1 aromatic rings. The highest BCUT2D eigenvalue weighted by Crippen LogP contribution is 2.23. The topological polar surface area (TPSA) is 57.6 Å². The Morgan fingerprint density at radius 3 is 2.27 bits per heavy atom. The molecule has 0 aromatic heterocycles. The molecule has 4 nitrogen and oxygen atoms in total. The largest absolute Gasteiger partial charge is 0.389 e. The minimum Gasteiger partial charge on any atom is -0.389 e. The summed E-state index contributed by atoms with van der Waals surface area (Å²) in [6.45, 7) is 1.55. The monoisotopic (exact) mass is 229 g/mol. The molecule has 0 fully saturated rings. The average molecular weight is 229 g/mol. The van der Waals surface area contributed by atoms with Crippen molar-refractivity contribution in [3.05, 3.63) is 29.8 Å². The summed E-state index contributed by atoms with van der Waals surface area (Å²) >= 11 is 0. The minimum atomic E-state index is -3.48. The quantitative estimate of drug-likeness (QED) is 0.841. The van der Waals surface area contributed by atoms with Crippen molar-refractivity contribution in [3.63, 3.8) is 0 Å². The molecule has 1 rings (SSSR count). The maximum absolute atomic E-state index is 11.9. The number of rotatable bonds is 3. The van der Waals surface area contributed by atoms with Gasteiger partial charge in [-0.25, -0.2) is 12.7 Å². The summed E-state index contributed by atoms with van der Waals surface area (Å²) in [6, 6.07) is 6.46.